The first-order valence-electron chi connectivity index (χ1n) is 10.8. The SMILES string of the molecule is Cc1ccc2[nH]c(-c3ccccc3)c(C3C(C#N)=C(N)Oc4c3ccc3cccnc43)c2c1. The Balaban J connectivity index is 1.73. The van der Waals surface area contributed by atoms with Gasteiger partial charge in [-0.1, -0.05) is 60.2 Å². The molecule has 5 heteroatoms. The van der Waals surface area contributed by atoms with Crippen LogP contribution >= 0.6 is 0 Å². The number of hydrogen-bond donors (Lipinski definition) is 2. The highest BCUT2D eigenvalue weighted by Crippen LogP contribution is 2.49. The lowest BCUT2D eigenvalue weighted by Crippen LogP contribution is -2.21. The van der Waals surface area contributed by atoms with Gasteiger partial charge in [-0.05, 0) is 36.2 Å². The van der Waals surface area contributed by atoms with Crippen molar-refractivity contribution in [3.63, 3.8) is 0 Å². The number of benzene rings is 3. The van der Waals surface area contributed by atoms with Crippen LogP contribution in [0.15, 0.2) is 90.4 Å². The average molecular weight is 428 g/mol. The van der Waals surface area contributed by atoms with Gasteiger partial charge in [0.1, 0.15) is 17.2 Å². The second-order valence-corrected chi connectivity index (χ2v) is 8.31. The van der Waals surface area contributed by atoms with E-state index in [0.29, 0.717) is 11.3 Å². The highest BCUT2D eigenvalue weighted by atomic mass is 16.5. The summed E-state index contributed by atoms with van der Waals surface area (Å²) in [6, 6.07) is 26.8. The molecule has 1 aliphatic heterocycles. The standard InChI is InChI=1S/C28H20N4O/c1-16-9-12-22-20(14-16)24(25(32-22)17-6-3-2-4-7-17)23-19-11-10-18-8-5-13-31-26(18)27(19)33-28(30)21(23)15-29/h2-14,23,32H,30H2,1H3. The van der Waals surface area contributed by atoms with E-state index in [2.05, 4.69) is 53.3 Å². The van der Waals surface area contributed by atoms with Crippen LogP contribution in [-0.2, 0) is 0 Å². The van der Waals surface area contributed by atoms with Gasteiger partial charge in [0.15, 0.2) is 5.75 Å². The fraction of sp³-hybridized carbons (Fsp3) is 0.0714. The second-order valence-electron chi connectivity index (χ2n) is 8.31. The quantitative estimate of drug-likeness (QED) is 0.366. The third-order valence-corrected chi connectivity index (χ3v) is 6.30. The van der Waals surface area contributed by atoms with Crippen molar-refractivity contribution in [1.29, 1.82) is 5.26 Å². The Hall–Kier alpha value is -4.56. The zero-order chi connectivity index (χ0) is 22.5. The molecule has 0 saturated carbocycles. The molecule has 0 fully saturated rings. The molecule has 5 nitrogen and oxygen atoms in total. The fourth-order valence-electron chi connectivity index (χ4n) is 4.81. The van der Waals surface area contributed by atoms with Crippen molar-refractivity contribution >= 4 is 21.8 Å². The van der Waals surface area contributed by atoms with Gasteiger partial charge in [0.25, 0.3) is 0 Å². The molecule has 3 heterocycles. The number of nitrogens with zero attached hydrogens (tertiary/aromatic N) is 2. The molecule has 0 aliphatic carbocycles. The summed E-state index contributed by atoms with van der Waals surface area (Å²) >= 11 is 0. The van der Waals surface area contributed by atoms with Gasteiger partial charge in [-0.3, -0.25) is 4.98 Å². The Morgan fingerprint density at radius 1 is 1.03 bits per heavy atom. The number of hydrogen-bond acceptors (Lipinski definition) is 4. The van der Waals surface area contributed by atoms with Gasteiger partial charge in [-0.15, -0.1) is 0 Å². The van der Waals surface area contributed by atoms with Crippen LogP contribution < -0.4 is 10.5 Å². The lowest BCUT2D eigenvalue weighted by molar-refractivity contribution is 0.398. The normalized spacial score (nSPS) is 15.3. The second kappa shape index (κ2) is 7.25. The number of allylic oxidation sites excluding steroid dienone is 1. The van der Waals surface area contributed by atoms with Gasteiger partial charge in [-0.2, -0.15) is 5.26 Å². The van der Waals surface area contributed by atoms with Crippen molar-refractivity contribution in [3.8, 4) is 23.1 Å². The average Bonchev–Trinajstić information content (AvgIpc) is 3.22. The number of nitrogens with two attached hydrogens (primary N) is 1. The Morgan fingerprint density at radius 3 is 2.70 bits per heavy atom. The van der Waals surface area contributed by atoms with E-state index in [0.717, 1.165) is 49.8 Å². The minimum Gasteiger partial charge on any atom is -0.438 e. The summed E-state index contributed by atoms with van der Waals surface area (Å²) in [5.41, 5.74) is 13.5. The molecule has 158 valence electrons. The molecule has 0 amide bonds. The Bertz CT molecular complexity index is 1620. The summed E-state index contributed by atoms with van der Waals surface area (Å²) < 4.78 is 6.02. The summed E-state index contributed by atoms with van der Waals surface area (Å²) in [7, 11) is 0. The third-order valence-electron chi connectivity index (χ3n) is 6.30. The molecule has 0 radical (unpaired) electrons. The summed E-state index contributed by atoms with van der Waals surface area (Å²) in [6.45, 7) is 2.07. The topological polar surface area (TPSA) is 87.7 Å². The van der Waals surface area contributed by atoms with Crippen LogP contribution in [0.3, 0.4) is 0 Å². The highest BCUT2D eigenvalue weighted by Gasteiger charge is 2.35. The maximum absolute atomic E-state index is 10.2. The van der Waals surface area contributed by atoms with E-state index in [1.807, 2.05) is 42.5 Å². The molecule has 0 bridgehead atoms. The summed E-state index contributed by atoms with van der Waals surface area (Å²) in [5.74, 6) is 0.334. The largest absolute Gasteiger partial charge is 0.438 e. The Kier molecular flexibility index (Phi) is 4.21. The first-order chi connectivity index (χ1) is 16.2. The van der Waals surface area contributed by atoms with E-state index < -0.39 is 5.92 Å². The molecule has 2 aromatic heterocycles. The van der Waals surface area contributed by atoms with Crippen LogP contribution in [0.2, 0.25) is 0 Å². The number of H-pyrrole nitrogens is 1. The molecule has 1 atom stereocenters. The monoisotopic (exact) mass is 428 g/mol. The van der Waals surface area contributed by atoms with Crippen LogP contribution in [0, 0.1) is 18.3 Å². The predicted molar refractivity (Wildman–Crippen MR) is 130 cm³/mol. The van der Waals surface area contributed by atoms with Crippen molar-refractivity contribution in [2.45, 2.75) is 12.8 Å². The number of ether oxygens (including phenoxy) is 1. The van der Waals surface area contributed by atoms with Crippen molar-refractivity contribution in [3.05, 3.63) is 107 Å². The van der Waals surface area contributed by atoms with Gasteiger partial charge in [0.05, 0.1) is 11.6 Å². The molecule has 33 heavy (non-hydrogen) atoms. The van der Waals surface area contributed by atoms with Gasteiger partial charge in [0, 0.05) is 28.0 Å². The van der Waals surface area contributed by atoms with E-state index in [1.165, 1.54) is 0 Å². The minimum atomic E-state index is -0.393. The Labute approximate surface area is 190 Å². The van der Waals surface area contributed by atoms with Crippen molar-refractivity contribution < 1.29 is 4.74 Å². The van der Waals surface area contributed by atoms with Crippen LogP contribution in [0.4, 0.5) is 0 Å². The fourth-order valence-corrected chi connectivity index (χ4v) is 4.81. The zero-order valence-corrected chi connectivity index (χ0v) is 18.0. The summed E-state index contributed by atoms with van der Waals surface area (Å²) in [5, 5.41) is 12.2. The lowest BCUT2D eigenvalue weighted by atomic mass is 9.80. The zero-order valence-electron chi connectivity index (χ0n) is 18.0. The number of aromatic amines is 1. The van der Waals surface area contributed by atoms with Gasteiger partial charge >= 0.3 is 0 Å². The van der Waals surface area contributed by atoms with Crippen LogP contribution in [0.25, 0.3) is 33.1 Å². The first-order valence-corrected chi connectivity index (χ1v) is 10.8. The number of nitrogens with one attached hydrogen (secondary N) is 1. The van der Waals surface area contributed by atoms with E-state index >= 15 is 0 Å². The number of nitriles is 1. The van der Waals surface area contributed by atoms with Crippen molar-refractivity contribution in [2.24, 2.45) is 5.73 Å². The number of pyridine rings is 1. The van der Waals surface area contributed by atoms with Crippen molar-refractivity contribution in [2.75, 3.05) is 0 Å². The maximum Gasteiger partial charge on any atom is 0.205 e. The molecule has 0 spiro atoms. The molecule has 3 aromatic carbocycles. The molecule has 5 aromatic rings. The van der Waals surface area contributed by atoms with Crippen LogP contribution in [0.1, 0.15) is 22.6 Å². The molecular weight excluding hydrogens is 408 g/mol. The number of fused-ring (bicyclic) bond motifs is 4. The molecule has 0 saturated heterocycles. The molecular formula is C28H20N4O. The molecule has 6 rings (SSSR count). The van der Waals surface area contributed by atoms with Crippen LogP contribution in [0.5, 0.6) is 5.75 Å². The lowest BCUT2D eigenvalue weighted by Gasteiger charge is -2.27. The summed E-state index contributed by atoms with van der Waals surface area (Å²) in [6.07, 6.45) is 1.74. The third kappa shape index (κ3) is 2.89. The number of aryl methyl sites for hydroxylation is 1. The highest BCUT2D eigenvalue weighted by molar-refractivity contribution is 5.95. The predicted octanol–water partition coefficient (Wildman–Crippen LogP) is 5.91. The van der Waals surface area contributed by atoms with Gasteiger partial charge in [0.2, 0.25) is 5.88 Å². The van der Waals surface area contributed by atoms with Gasteiger partial charge < -0.3 is 15.5 Å². The van der Waals surface area contributed by atoms with Crippen molar-refractivity contribution in [1.82, 2.24) is 9.97 Å². The van der Waals surface area contributed by atoms with E-state index in [4.69, 9.17) is 10.5 Å². The van der Waals surface area contributed by atoms with E-state index in [9.17, 15) is 5.26 Å². The molecule has 1 unspecified atom stereocenters. The first kappa shape index (κ1) is 19.1. The molecule has 3 N–H and O–H groups in total. The summed E-state index contributed by atoms with van der Waals surface area (Å²) in [4.78, 5) is 8.16. The van der Waals surface area contributed by atoms with E-state index in [-0.39, 0.29) is 5.88 Å². The van der Waals surface area contributed by atoms with E-state index in [1.54, 1.807) is 6.20 Å². The number of rotatable bonds is 2. The minimum absolute atomic E-state index is 0.120. The smallest absolute Gasteiger partial charge is 0.205 e. The van der Waals surface area contributed by atoms with Crippen LogP contribution in [-0.4, -0.2) is 9.97 Å². The maximum atomic E-state index is 10.2. The van der Waals surface area contributed by atoms with Gasteiger partial charge in [-0.25, -0.2) is 0 Å². The Morgan fingerprint density at radius 2 is 1.88 bits per heavy atom. The number of aromatic nitrogens is 2. The molecule has 1 aliphatic rings.